The van der Waals surface area contributed by atoms with Crippen molar-refractivity contribution in [3.63, 3.8) is 0 Å². The summed E-state index contributed by atoms with van der Waals surface area (Å²) in [7, 11) is 0. The zero-order chi connectivity index (χ0) is 13.6. The largest absolute Gasteiger partial charge is 0.0850 e. The number of rotatable bonds is 3. The molecule has 0 heterocycles. The summed E-state index contributed by atoms with van der Waals surface area (Å²) >= 11 is 0. The second-order valence-corrected chi connectivity index (χ2v) is 7.42. The molecule has 3 aliphatic carbocycles. The van der Waals surface area contributed by atoms with Gasteiger partial charge in [-0.2, -0.15) is 0 Å². The highest BCUT2D eigenvalue weighted by atomic mass is 14.5. The number of unbranched alkanes of at least 4 members (excludes halogenated alkanes) is 1. The molecule has 1 aromatic rings. The standard InChI is InChI=1S/C20H26/c1-2-3-4-15-5-7-18-14-20(10-9-17(18)11-15)13-16-6-8-19(20)12-16/h5-7,11,19H,2-4,8-10,12-14H2,1H3. The van der Waals surface area contributed by atoms with Crippen LogP contribution in [0.3, 0.4) is 0 Å². The molecule has 0 aromatic heterocycles. The van der Waals surface area contributed by atoms with E-state index in [0.717, 1.165) is 5.92 Å². The summed E-state index contributed by atoms with van der Waals surface area (Å²) in [5.41, 5.74) is 7.34. The summed E-state index contributed by atoms with van der Waals surface area (Å²) in [4.78, 5) is 0. The topological polar surface area (TPSA) is 0 Å². The Morgan fingerprint density at radius 2 is 2.15 bits per heavy atom. The Bertz CT molecular complexity index is 551. The predicted molar refractivity (Wildman–Crippen MR) is 84.9 cm³/mol. The third-order valence-corrected chi connectivity index (χ3v) is 6.17. The van der Waals surface area contributed by atoms with E-state index in [1.54, 1.807) is 22.3 Å². The maximum atomic E-state index is 2.53. The molecule has 0 aliphatic heterocycles. The van der Waals surface area contributed by atoms with Crippen molar-refractivity contribution in [1.82, 2.24) is 0 Å². The maximum Gasteiger partial charge on any atom is -0.0182 e. The average Bonchev–Trinajstić information content (AvgIpc) is 3.06. The molecule has 0 nitrogen and oxygen atoms in total. The van der Waals surface area contributed by atoms with Crippen LogP contribution >= 0.6 is 0 Å². The summed E-state index contributed by atoms with van der Waals surface area (Å²) in [5.74, 6) is 0.977. The van der Waals surface area contributed by atoms with Crippen molar-refractivity contribution >= 4 is 0 Å². The average molecular weight is 266 g/mol. The van der Waals surface area contributed by atoms with Crippen LogP contribution in [0.25, 0.3) is 0 Å². The van der Waals surface area contributed by atoms with Gasteiger partial charge in [0.2, 0.25) is 0 Å². The maximum absolute atomic E-state index is 2.53. The van der Waals surface area contributed by atoms with Crippen molar-refractivity contribution in [3.05, 3.63) is 46.5 Å². The Morgan fingerprint density at radius 3 is 2.90 bits per heavy atom. The van der Waals surface area contributed by atoms with Gasteiger partial charge >= 0.3 is 0 Å². The Balaban J connectivity index is 1.57. The molecule has 0 amide bonds. The van der Waals surface area contributed by atoms with Crippen LogP contribution in [0.15, 0.2) is 29.8 Å². The number of benzene rings is 1. The van der Waals surface area contributed by atoms with Crippen LogP contribution in [0.2, 0.25) is 0 Å². The predicted octanol–water partition coefficient (Wildman–Crippen LogP) is 5.24. The van der Waals surface area contributed by atoms with Crippen molar-refractivity contribution in [2.45, 2.75) is 64.7 Å². The summed E-state index contributed by atoms with van der Waals surface area (Å²) in [6.07, 6.45) is 14.8. The first kappa shape index (κ1) is 12.7. The van der Waals surface area contributed by atoms with E-state index in [2.05, 4.69) is 31.2 Å². The van der Waals surface area contributed by atoms with Crippen LogP contribution in [0.1, 0.15) is 62.1 Å². The molecule has 0 N–H and O–H groups in total. The van der Waals surface area contributed by atoms with Crippen molar-refractivity contribution < 1.29 is 0 Å². The van der Waals surface area contributed by atoms with Gasteiger partial charge in [-0.15, -0.1) is 0 Å². The van der Waals surface area contributed by atoms with E-state index < -0.39 is 0 Å². The molecule has 2 bridgehead atoms. The Labute approximate surface area is 123 Å². The molecule has 1 spiro atoms. The molecule has 0 saturated heterocycles. The fourth-order valence-corrected chi connectivity index (χ4v) is 4.97. The van der Waals surface area contributed by atoms with Crippen molar-refractivity contribution in [3.8, 4) is 0 Å². The molecule has 4 rings (SSSR count). The van der Waals surface area contributed by atoms with Gasteiger partial charge in [0.05, 0.1) is 0 Å². The first-order valence-corrected chi connectivity index (χ1v) is 8.58. The van der Waals surface area contributed by atoms with E-state index in [0.29, 0.717) is 5.41 Å². The van der Waals surface area contributed by atoms with Crippen LogP contribution in [0.4, 0.5) is 0 Å². The third kappa shape index (κ3) is 1.96. The Morgan fingerprint density at radius 1 is 1.20 bits per heavy atom. The second-order valence-electron chi connectivity index (χ2n) is 7.42. The van der Waals surface area contributed by atoms with Gasteiger partial charge in [0.25, 0.3) is 0 Å². The molecule has 2 atom stereocenters. The smallest absolute Gasteiger partial charge is 0.0182 e. The normalized spacial score (nSPS) is 30.6. The first-order valence-electron chi connectivity index (χ1n) is 8.58. The highest BCUT2D eigenvalue weighted by Gasteiger charge is 2.48. The molecule has 0 heteroatoms. The van der Waals surface area contributed by atoms with E-state index >= 15 is 0 Å². The Kier molecular flexibility index (Phi) is 3.02. The zero-order valence-corrected chi connectivity index (χ0v) is 12.8. The fraction of sp³-hybridized carbons (Fsp3) is 0.600. The Hall–Kier alpha value is -1.04. The lowest BCUT2D eigenvalue weighted by Crippen LogP contribution is -2.33. The molecule has 3 aliphatic rings. The van der Waals surface area contributed by atoms with Crippen LogP contribution in [-0.2, 0) is 19.3 Å². The molecule has 1 aromatic carbocycles. The van der Waals surface area contributed by atoms with E-state index in [9.17, 15) is 0 Å². The number of hydrogen-bond donors (Lipinski definition) is 0. The zero-order valence-electron chi connectivity index (χ0n) is 12.8. The number of allylic oxidation sites excluding steroid dienone is 2. The van der Waals surface area contributed by atoms with Gasteiger partial charge in [-0.3, -0.25) is 0 Å². The minimum atomic E-state index is 0.655. The SMILES string of the molecule is CCCCc1ccc2c(c1)CCC1(CC3=CCC1C3)C2. The van der Waals surface area contributed by atoms with Crippen LogP contribution in [0.5, 0.6) is 0 Å². The highest BCUT2D eigenvalue weighted by Crippen LogP contribution is 2.58. The quantitative estimate of drug-likeness (QED) is 0.656. The van der Waals surface area contributed by atoms with Gasteiger partial charge in [0, 0.05) is 0 Å². The minimum Gasteiger partial charge on any atom is -0.0850 e. The van der Waals surface area contributed by atoms with Crippen molar-refractivity contribution in [2.75, 3.05) is 0 Å². The van der Waals surface area contributed by atoms with Gasteiger partial charge in [0.15, 0.2) is 0 Å². The van der Waals surface area contributed by atoms with Gasteiger partial charge in [-0.25, -0.2) is 0 Å². The van der Waals surface area contributed by atoms with Crippen molar-refractivity contribution in [2.24, 2.45) is 11.3 Å². The third-order valence-electron chi connectivity index (χ3n) is 6.17. The number of fused-ring (bicyclic) bond motifs is 4. The molecule has 0 radical (unpaired) electrons. The van der Waals surface area contributed by atoms with Gasteiger partial charge in [-0.1, -0.05) is 43.2 Å². The summed E-state index contributed by atoms with van der Waals surface area (Å²) in [5, 5.41) is 0. The van der Waals surface area contributed by atoms with Gasteiger partial charge < -0.3 is 0 Å². The monoisotopic (exact) mass is 266 g/mol. The van der Waals surface area contributed by atoms with Gasteiger partial charge in [-0.05, 0) is 79.4 Å². The lowest BCUT2D eigenvalue weighted by atomic mass is 9.64. The van der Waals surface area contributed by atoms with Crippen LogP contribution in [-0.4, -0.2) is 0 Å². The van der Waals surface area contributed by atoms with E-state index in [1.165, 1.54) is 57.8 Å². The first-order chi connectivity index (χ1) is 9.79. The van der Waals surface area contributed by atoms with Gasteiger partial charge in [0.1, 0.15) is 0 Å². The number of hydrogen-bond acceptors (Lipinski definition) is 0. The van der Waals surface area contributed by atoms with Crippen molar-refractivity contribution in [1.29, 1.82) is 0 Å². The summed E-state index contributed by atoms with van der Waals surface area (Å²) in [6.45, 7) is 2.28. The molecule has 20 heavy (non-hydrogen) atoms. The molecule has 2 unspecified atom stereocenters. The molecular formula is C20H26. The lowest BCUT2D eigenvalue weighted by molar-refractivity contribution is 0.168. The fourth-order valence-electron chi connectivity index (χ4n) is 4.97. The van der Waals surface area contributed by atoms with Crippen LogP contribution < -0.4 is 0 Å². The molecule has 1 fully saturated rings. The second kappa shape index (κ2) is 4.76. The highest BCUT2D eigenvalue weighted by molar-refractivity contribution is 5.38. The minimum absolute atomic E-state index is 0.655. The molecule has 1 saturated carbocycles. The molecule has 106 valence electrons. The summed E-state index contributed by atoms with van der Waals surface area (Å²) in [6, 6.07) is 7.38. The lowest BCUT2D eigenvalue weighted by Gasteiger charge is -2.40. The summed E-state index contributed by atoms with van der Waals surface area (Å²) < 4.78 is 0. The van der Waals surface area contributed by atoms with Crippen LogP contribution in [0, 0.1) is 11.3 Å². The van der Waals surface area contributed by atoms with E-state index in [4.69, 9.17) is 0 Å². The number of aryl methyl sites for hydroxylation is 2. The molecular weight excluding hydrogens is 240 g/mol. The van der Waals surface area contributed by atoms with E-state index in [1.807, 2.05) is 0 Å². The van der Waals surface area contributed by atoms with E-state index in [-0.39, 0.29) is 0 Å².